The molecule has 2 heterocycles. The summed E-state index contributed by atoms with van der Waals surface area (Å²) in [5.41, 5.74) is 3.55. The molecule has 2 aromatic carbocycles. The van der Waals surface area contributed by atoms with E-state index in [-0.39, 0.29) is 25.9 Å². The molecule has 0 bridgehead atoms. The van der Waals surface area contributed by atoms with Gasteiger partial charge in [0.1, 0.15) is 6.61 Å². The van der Waals surface area contributed by atoms with E-state index >= 15 is 0 Å². The molecule has 5 amide bonds. The van der Waals surface area contributed by atoms with Gasteiger partial charge in [-0.05, 0) is 34.4 Å². The number of anilines is 1. The van der Waals surface area contributed by atoms with Crippen LogP contribution in [0.4, 0.5) is 10.5 Å². The van der Waals surface area contributed by atoms with Crippen LogP contribution in [0.25, 0.3) is 11.1 Å². The fraction of sp³-hybridized carbons (Fsp3) is 0.231. The van der Waals surface area contributed by atoms with E-state index in [0.717, 1.165) is 38.9 Å². The summed E-state index contributed by atoms with van der Waals surface area (Å²) in [6.45, 7) is 1.43. The van der Waals surface area contributed by atoms with Crippen molar-refractivity contribution in [2.75, 3.05) is 11.6 Å². The van der Waals surface area contributed by atoms with Crippen LogP contribution in [0.2, 0.25) is 0 Å². The van der Waals surface area contributed by atoms with Crippen LogP contribution in [0.5, 0.6) is 0 Å². The maximum Gasteiger partial charge on any atom is 0.533 e. The SMILES string of the molecule is CCC(=O)N(c1ccc2c(c1)C(COC(=O)ON1C(=O)CCC1=O)c1ccccc1-2)N1C(=O)C=CC1=O. The van der Waals surface area contributed by atoms with Gasteiger partial charge in [-0.2, -0.15) is 5.01 Å². The predicted octanol–water partition coefficient (Wildman–Crippen LogP) is 2.60. The minimum Gasteiger partial charge on any atom is -0.432 e. The van der Waals surface area contributed by atoms with Crippen LogP contribution >= 0.6 is 0 Å². The molecule has 11 nitrogen and oxygen atoms in total. The molecule has 2 aliphatic heterocycles. The minimum atomic E-state index is -1.20. The summed E-state index contributed by atoms with van der Waals surface area (Å²) in [5, 5.41) is 2.23. The molecule has 1 saturated heterocycles. The van der Waals surface area contributed by atoms with Crippen LogP contribution in [0.1, 0.15) is 43.2 Å². The molecule has 11 heteroatoms. The Morgan fingerprint density at radius 2 is 1.57 bits per heavy atom. The first-order valence-electron chi connectivity index (χ1n) is 11.6. The molecule has 37 heavy (non-hydrogen) atoms. The number of hydrogen-bond acceptors (Lipinski definition) is 8. The van der Waals surface area contributed by atoms with Gasteiger partial charge >= 0.3 is 6.16 Å². The van der Waals surface area contributed by atoms with Gasteiger partial charge < -0.3 is 4.74 Å². The lowest BCUT2D eigenvalue weighted by Gasteiger charge is -2.30. The number of nitrogens with zero attached hydrogens (tertiary/aromatic N) is 3. The third kappa shape index (κ3) is 4.14. The van der Waals surface area contributed by atoms with Gasteiger partial charge in [0, 0.05) is 37.3 Å². The molecule has 2 aromatic rings. The largest absolute Gasteiger partial charge is 0.533 e. The molecular weight excluding hydrogens is 482 g/mol. The Kier molecular flexibility index (Phi) is 6.04. The fourth-order valence-electron chi connectivity index (χ4n) is 4.63. The maximum absolute atomic E-state index is 12.8. The highest BCUT2D eigenvalue weighted by atomic mass is 16.8. The monoisotopic (exact) mass is 503 g/mol. The number of carbonyl (C=O) groups is 6. The zero-order valence-electron chi connectivity index (χ0n) is 19.7. The quantitative estimate of drug-likeness (QED) is 0.434. The van der Waals surface area contributed by atoms with Crippen molar-refractivity contribution in [1.82, 2.24) is 10.1 Å². The predicted molar refractivity (Wildman–Crippen MR) is 126 cm³/mol. The van der Waals surface area contributed by atoms with Crippen molar-refractivity contribution >= 4 is 41.4 Å². The Morgan fingerprint density at radius 1 is 0.919 bits per heavy atom. The number of ether oxygens (including phenoxy) is 1. The van der Waals surface area contributed by atoms with Crippen LogP contribution in [0.3, 0.4) is 0 Å². The molecule has 0 saturated carbocycles. The summed E-state index contributed by atoms with van der Waals surface area (Å²) in [4.78, 5) is 78.1. The molecule has 0 radical (unpaired) electrons. The van der Waals surface area contributed by atoms with Gasteiger partial charge in [-0.15, -0.1) is 0 Å². The Bertz CT molecular complexity index is 1360. The number of fused-ring (bicyclic) bond motifs is 3. The highest BCUT2D eigenvalue weighted by Gasteiger charge is 2.37. The van der Waals surface area contributed by atoms with Crippen molar-refractivity contribution in [2.45, 2.75) is 32.1 Å². The van der Waals surface area contributed by atoms with Crippen molar-refractivity contribution in [3.8, 4) is 11.1 Å². The second-order valence-electron chi connectivity index (χ2n) is 8.53. The smallest absolute Gasteiger partial charge is 0.432 e. The standard InChI is InChI=1S/C26H21N3O8/c1-2-21(30)27(28-22(31)9-10-23(28)32)15-7-8-18-16-5-3-4-6-17(16)20(19(18)13-15)14-36-26(35)37-29-24(33)11-12-25(29)34/h3-10,13,20H,2,11-12,14H2,1H3. The number of carbonyl (C=O) groups excluding carboxylic acids is 6. The van der Waals surface area contributed by atoms with E-state index in [2.05, 4.69) is 0 Å². The highest BCUT2D eigenvalue weighted by molar-refractivity contribution is 6.17. The topological polar surface area (TPSA) is 131 Å². The number of amides is 5. The molecule has 0 spiro atoms. The fourth-order valence-corrected chi connectivity index (χ4v) is 4.63. The van der Waals surface area contributed by atoms with E-state index in [9.17, 15) is 28.8 Å². The molecule has 5 rings (SSSR count). The summed E-state index contributed by atoms with van der Waals surface area (Å²) < 4.78 is 5.28. The summed E-state index contributed by atoms with van der Waals surface area (Å²) in [6, 6.07) is 12.6. The molecule has 1 unspecified atom stereocenters. The van der Waals surface area contributed by atoms with Gasteiger partial charge in [0.15, 0.2) is 0 Å². The van der Waals surface area contributed by atoms with Crippen molar-refractivity contribution in [3.63, 3.8) is 0 Å². The van der Waals surface area contributed by atoms with Gasteiger partial charge in [0.05, 0.1) is 5.69 Å². The molecule has 0 N–H and O–H groups in total. The number of rotatable bonds is 6. The van der Waals surface area contributed by atoms with E-state index in [1.165, 1.54) is 0 Å². The molecule has 0 aromatic heterocycles. The molecule has 188 valence electrons. The second-order valence-corrected chi connectivity index (χ2v) is 8.53. The average molecular weight is 503 g/mol. The lowest BCUT2D eigenvalue weighted by Crippen LogP contribution is -2.50. The summed E-state index contributed by atoms with van der Waals surface area (Å²) in [6.07, 6.45) is 0.957. The zero-order valence-corrected chi connectivity index (χ0v) is 19.7. The Morgan fingerprint density at radius 3 is 2.24 bits per heavy atom. The number of hydroxylamine groups is 2. The summed E-state index contributed by atoms with van der Waals surface area (Å²) in [5.74, 6) is -3.45. The van der Waals surface area contributed by atoms with E-state index in [4.69, 9.17) is 9.57 Å². The number of hydrogen-bond donors (Lipinski definition) is 0. The van der Waals surface area contributed by atoms with Crippen molar-refractivity contribution < 1.29 is 38.3 Å². The van der Waals surface area contributed by atoms with Gasteiger partial charge in [-0.25, -0.2) is 9.80 Å². The second kappa shape index (κ2) is 9.34. The van der Waals surface area contributed by atoms with Crippen LogP contribution in [0.15, 0.2) is 54.6 Å². The molecular formula is C26H21N3O8. The Labute approximate surface area is 210 Å². The van der Waals surface area contributed by atoms with Crippen LogP contribution in [0, 0.1) is 0 Å². The van der Waals surface area contributed by atoms with Crippen molar-refractivity contribution in [3.05, 3.63) is 65.7 Å². The number of imide groups is 2. The average Bonchev–Trinajstić information content (AvgIpc) is 3.51. The van der Waals surface area contributed by atoms with Gasteiger partial charge in [-0.1, -0.05) is 42.3 Å². The normalized spacial score (nSPS) is 17.8. The van der Waals surface area contributed by atoms with Gasteiger partial charge in [-0.3, -0.25) is 28.8 Å². The first-order chi connectivity index (χ1) is 17.8. The van der Waals surface area contributed by atoms with Crippen molar-refractivity contribution in [2.24, 2.45) is 0 Å². The van der Waals surface area contributed by atoms with E-state index in [1.807, 2.05) is 24.3 Å². The summed E-state index contributed by atoms with van der Waals surface area (Å²) >= 11 is 0. The molecule has 1 aliphatic carbocycles. The Balaban J connectivity index is 1.45. The third-order valence-electron chi connectivity index (χ3n) is 6.35. The first kappa shape index (κ1) is 23.9. The first-order valence-corrected chi connectivity index (χ1v) is 11.6. The van der Waals surface area contributed by atoms with Gasteiger partial charge in [0.25, 0.3) is 23.6 Å². The highest BCUT2D eigenvalue weighted by Crippen LogP contribution is 2.46. The molecule has 3 aliphatic rings. The Hall–Kier alpha value is -4.80. The van der Waals surface area contributed by atoms with E-state index < -0.39 is 41.6 Å². The third-order valence-corrected chi connectivity index (χ3v) is 6.35. The van der Waals surface area contributed by atoms with Crippen molar-refractivity contribution in [1.29, 1.82) is 0 Å². The molecule has 1 fully saturated rings. The lowest BCUT2D eigenvalue weighted by molar-refractivity contribution is -0.177. The van der Waals surface area contributed by atoms with Crippen LogP contribution in [-0.4, -0.2) is 52.4 Å². The van der Waals surface area contributed by atoms with E-state index in [0.29, 0.717) is 16.3 Å². The number of hydrazine groups is 1. The maximum atomic E-state index is 12.8. The zero-order chi connectivity index (χ0) is 26.3. The van der Waals surface area contributed by atoms with Crippen LogP contribution in [-0.2, 0) is 33.5 Å². The number of benzene rings is 2. The van der Waals surface area contributed by atoms with Crippen LogP contribution < -0.4 is 5.01 Å². The lowest BCUT2D eigenvalue weighted by atomic mass is 9.97. The minimum absolute atomic E-state index is 0.0389. The summed E-state index contributed by atoms with van der Waals surface area (Å²) in [7, 11) is 0. The molecule has 1 atom stereocenters. The van der Waals surface area contributed by atoms with Gasteiger partial charge in [0.2, 0.25) is 5.91 Å². The van der Waals surface area contributed by atoms with E-state index in [1.54, 1.807) is 25.1 Å².